The fourth-order valence-corrected chi connectivity index (χ4v) is 9.05. The number of hydrogen-bond acceptors (Lipinski definition) is 11. The first-order valence-electron chi connectivity index (χ1n) is 19.8. The molecule has 312 valence electrons. The van der Waals surface area contributed by atoms with Gasteiger partial charge < -0.3 is 25.0 Å². The molecule has 3 aliphatic heterocycles. The Bertz CT molecular complexity index is 2610. The summed E-state index contributed by atoms with van der Waals surface area (Å²) in [5, 5.41) is 34.2. The molecule has 1 spiro atoms. The number of rotatable bonds is 10. The largest absolute Gasteiger partial charge is 0.508 e. The van der Waals surface area contributed by atoms with Crippen LogP contribution in [-0.4, -0.2) is 63.1 Å². The number of carbonyl (C=O) groups excluding carboxylic acids is 4. The van der Waals surface area contributed by atoms with Gasteiger partial charge in [0, 0.05) is 30.7 Å². The summed E-state index contributed by atoms with van der Waals surface area (Å²) in [6, 6.07) is 31.3. The lowest BCUT2D eigenvalue weighted by molar-refractivity contribution is -0.384. The summed E-state index contributed by atoms with van der Waals surface area (Å²) >= 11 is 0. The maximum atomic E-state index is 16.1. The van der Waals surface area contributed by atoms with Crippen molar-refractivity contribution in [3.63, 3.8) is 0 Å². The van der Waals surface area contributed by atoms with E-state index < -0.39 is 64.4 Å². The third-order valence-corrected chi connectivity index (χ3v) is 11.5. The van der Waals surface area contributed by atoms with Gasteiger partial charge in [-0.2, -0.15) is 0 Å². The van der Waals surface area contributed by atoms with Gasteiger partial charge in [-0.25, -0.2) is 9.69 Å². The van der Waals surface area contributed by atoms with Crippen LogP contribution in [0, 0.1) is 27.9 Å². The van der Waals surface area contributed by atoms with Crippen LogP contribution in [0.25, 0.3) is 0 Å². The van der Waals surface area contributed by atoms with E-state index in [4.69, 9.17) is 9.47 Å². The average Bonchev–Trinajstić information content (AvgIpc) is 3.74. The summed E-state index contributed by atoms with van der Waals surface area (Å²) in [6.07, 6.45) is -0.433. The number of nitrogens with zero attached hydrogens (tertiary/aromatic N) is 3. The Labute approximate surface area is 356 Å². The van der Waals surface area contributed by atoms with Crippen LogP contribution in [0.4, 0.5) is 16.2 Å². The van der Waals surface area contributed by atoms with Gasteiger partial charge >= 0.3 is 12.1 Å². The summed E-state index contributed by atoms with van der Waals surface area (Å²) in [4.78, 5) is 74.1. The van der Waals surface area contributed by atoms with Gasteiger partial charge in [-0.3, -0.25) is 29.4 Å². The molecule has 2 saturated heterocycles. The molecule has 6 atom stereocenters. The van der Waals surface area contributed by atoms with Crippen LogP contribution in [0.2, 0.25) is 0 Å². The average molecular weight is 833 g/mol. The van der Waals surface area contributed by atoms with E-state index in [1.165, 1.54) is 48.5 Å². The second-order valence-electron chi connectivity index (χ2n) is 15.0. The highest BCUT2D eigenvalue weighted by atomic mass is 16.6. The van der Waals surface area contributed by atoms with Gasteiger partial charge in [0.25, 0.3) is 5.69 Å². The smallest absolute Gasteiger partial charge is 0.421 e. The highest BCUT2D eigenvalue weighted by Crippen LogP contribution is 2.66. The van der Waals surface area contributed by atoms with E-state index in [9.17, 15) is 29.9 Å². The highest BCUT2D eigenvalue weighted by Gasteiger charge is 2.75. The monoisotopic (exact) mass is 832 g/mol. The topological polar surface area (TPSA) is 189 Å². The number of carbonyl (C=O) groups is 4. The summed E-state index contributed by atoms with van der Waals surface area (Å²) < 4.78 is 12.2. The number of esters is 1. The molecule has 3 N–H and O–H groups in total. The van der Waals surface area contributed by atoms with Gasteiger partial charge in [0.05, 0.1) is 35.2 Å². The number of amides is 3. The Morgan fingerprint density at radius 3 is 2.23 bits per heavy atom. The van der Waals surface area contributed by atoms with Gasteiger partial charge in [-0.05, 0) is 70.3 Å². The van der Waals surface area contributed by atoms with Gasteiger partial charge in [-0.1, -0.05) is 90.7 Å². The first-order chi connectivity index (χ1) is 30.1. The lowest BCUT2D eigenvalue weighted by atomic mass is 9.65. The number of benzene rings is 5. The first-order valence-corrected chi connectivity index (χ1v) is 19.8. The van der Waals surface area contributed by atoms with E-state index in [1.807, 2.05) is 65.6 Å². The number of non-ortho nitro benzene ring substituents is 1. The highest BCUT2D eigenvalue weighted by molar-refractivity contribution is 6.23. The molecule has 14 nitrogen and oxygen atoms in total. The number of nitro benzene ring substituents is 1. The van der Waals surface area contributed by atoms with Crippen molar-refractivity contribution in [2.24, 2.45) is 5.92 Å². The number of hydrogen-bond donors (Lipinski definition) is 3. The van der Waals surface area contributed by atoms with Crippen LogP contribution in [0.5, 0.6) is 5.75 Å². The molecule has 6 unspecified atom stereocenters. The molecule has 0 bridgehead atoms. The summed E-state index contributed by atoms with van der Waals surface area (Å²) in [6.45, 7) is 3.16. The zero-order chi connectivity index (χ0) is 43.5. The Morgan fingerprint density at radius 1 is 0.903 bits per heavy atom. The van der Waals surface area contributed by atoms with Crippen LogP contribution < -0.4 is 10.2 Å². The Morgan fingerprint density at radius 2 is 1.58 bits per heavy atom. The SMILES string of the molecule is C=CCNC(=O)C1C2C(=O)OC(c3ccccc3)C(c3ccccc3)N2C(c2ccc(O)cc2)C12C(=O)N(C(=O)OCc1ccc([N+](=O)[O-])cc1)c1ccc(C#CCCO)cc12. The number of phenolic OH excluding ortho intramolecular Hbond substituents is 1. The van der Waals surface area contributed by atoms with Crippen LogP contribution in [0.15, 0.2) is 140 Å². The minimum atomic E-state index is -2.08. The molecule has 0 radical (unpaired) electrons. The number of phenols is 1. The minimum Gasteiger partial charge on any atom is -0.508 e. The van der Waals surface area contributed by atoms with E-state index in [-0.39, 0.29) is 48.9 Å². The summed E-state index contributed by atoms with van der Waals surface area (Å²) in [5.41, 5.74) is 0.632. The molecule has 0 aromatic heterocycles. The van der Waals surface area contributed by atoms with Gasteiger partial charge in [0.2, 0.25) is 11.8 Å². The summed E-state index contributed by atoms with van der Waals surface area (Å²) in [5.74, 6) is 1.94. The molecule has 2 fully saturated rings. The van der Waals surface area contributed by atoms with E-state index in [0.717, 1.165) is 4.90 Å². The van der Waals surface area contributed by atoms with E-state index in [0.29, 0.717) is 27.8 Å². The van der Waals surface area contributed by atoms with Crippen molar-refractivity contribution in [1.82, 2.24) is 10.2 Å². The molecule has 5 aromatic carbocycles. The number of nitro groups is 1. The predicted molar refractivity (Wildman–Crippen MR) is 225 cm³/mol. The standard InChI is InChI=1S/C48H40N4O10/c1-2-26-49-44(55)39-41-45(56)62-42(33-14-7-4-8-15-33)40(32-12-5-3-6-13-32)51(41)43(34-19-23-36(54)24-20-34)48(39)37-28-30(11-9-10-27-53)18-25-38(37)50(46(48)57)47(58)61-29-31-16-21-35(22-17-31)52(59)60/h2-8,12-25,28,39-43,53-54H,1,10,26-27,29H2,(H,49,55). The molecule has 3 amide bonds. The van der Waals surface area contributed by atoms with Crippen molar-refractivity contribution in [1.29, 1.82) is 0 Å². The van der Waals surface area contributed by atoms with Crippen molar-refractivity contribution in [2.45, 2.75) is 42.7 Å². The number of aliphatic hydroxyl groups is 1. The number of morpholine rings is 1. The number of aliphatic hydroxyl groups excluding tert-OH is 1. The number of fused-ring (bicyclic) bond motifs is 3. The Hall–Kier alpha value is -7.60. The number of aromatic hydroxyl groups is 1. The molecule has 14 heteroatoms. The second kappa shape index (κ2) is 17.2. The fourth-order valence-electron chi connectivity index (χ4n) is 9.05. The Kier molecular flexibility index (Phi) is 11.4. The quantitative estimate of drug-likeness (QED) is 0.0469. The third kappa shape index (κ3) is 7.12. The van der Waals surface area contributed by atoms with Crippen molar-refractivity contribution < 1.29 is 43.8 Å². The van der Waals surface area contributed by atoms with Crippen molar-refractivity contribution in [3.05, 3.63) is 184 Å². The van der Waals surface area contributed by atoms with E-state index in [1.54, 1.807) is 24.3 Å². The molecular weight excluding hydrogens is 793 g/mol. The van der Waals surface area contributed by atoms with Crippen LogP contribution >= 0.6 is 0 Å². The van der Waals surface area contributed by atoms with Crippen molar-refractivity contribution in [3.8, 4) is 17.6 Å². The number of nitrogens with one attached hydrogen (secondary N) is 1. The maximum absolute atomic E-state index is 16.1. The fraction of sp³-hybridized carbons (Fsp3) is 0.208. The van der Waals surface area contributed by atoms with Crippen LogP contribution in [0.3, 0.4) is 0 Å². The maximum Gasteiger partial charge on any atom is 0.421 e. The predicted octanol–water partition coefficient (Wildman–Crippen LogP) is 6.34. The molecule has 0 aliphatic carbocycles. The molecule has 3 heterocycles. The normalized spacial score (nSPS) is 22.5. The van der Waals surface area contributed by atoms with Gasteiger partial charge in [0.15, 0.2) is 0 Å². The zero-order valence-electron chi connectivity index (χ0n) is 33.1. The number of anilines is 1. The van der Waals surface area contributed by atoms with Gasteiger partial charge in [0.1, 0.15) is 29.9 Å². The molecule has 8 rings (SSSR count). The number of imide groups is 1. The van der Waals surface area contributed by atoms with Crippen LogP contribution in [-0.2, 0) is 35.9 Å². The molecule has 0 saturated carbocycles. The first kappa shape index (κ1) is 41.1. The third-order valence-electron chi connectivity index (χ3n) is 11.5. The molecular formula is C48H40N4O10. The minimum absolute atomic E-state index is 0.0273. The second-order valence-corrected chi connectivity index (χ2v) is 15.0. The molecule has 5 aromatic rings. The molecule has 62 heavy (non-hydrogen) atoms. The van der Waals surface area contributed by atoms with E-state index >= 15 is 9.59 Å². The number of ether oxygens (including phenoxy) is 2. The van der Waals surface area contributed by atoms with Crippen molar-refractivity contribution >= 4 is 35.3 Å². The number of cyclic esters (lactones) is 1. The Balaban J connectivity index is 1.39. The van der Waals surface area contributed by atoms with Gasteiger partial charge in [-0.15, -0.1) is 6.58 Å². The lowest BCUT2D eigenvalue weighted by Crippen LogP contribution is -2.55. The van der Waals surface area contributed by atoms with Crippen LogP contribution in [0.1, 0.15) is 58.0 Å². The zero-order valence-corrected chi connectivity index (χ0v) is 33.1. The molecule has 3 aliphatic rings. The van der Waals surface area contributed by atoms with E-state index in [2.05, 4.69) is 23.7 Å². The lowest BCUT2D eigenvalue weighted by Gasteiger charge is -2.46. The summed E-state index contributed by atoms with van der Waals surface area (Å²) in [7, 11) is 0. The van der Waals surface area contributed by atoms with Crippen molar-refractivity contribution in [2.75, 3.05) is 18.1 Å².